The third kappa shape index (κ3) is 8.53. The summed E-state index contributed by atoms with van der Waals surface area (Å²) in [6.07, 6.45) is 0.695. The van der Waals surface area contributed by atoms with Crippen LogP contribution in [0.5, 0.6) is 11.5 Å². The Labute approximate surface area is 170 Å². The van der Waals surface area contributed by atoms with Gasteiger partial charge in [0.05, 0.1) is 18.8 Å². The number of nitrogens with two attached hydrogens (primary N) is 1. The Balaban J connectivity index is 1.88. The summed E-state index contributed by atoms with van der Waals surface area (Å²) in [5.74, 6) is 1.44. The van der Waals surface area contributed by atoms with Gasteiger partial charge in [-0.15, -0.1) is 0 Å². The van der Waals surface area contributed by atoms with Gasteiger partial charge in [0.1, 0.15) is 24.7 Å². The molecule has 0 saturated heterocycles. The maximum atomic E-state index is 10.9. The molecule has 0 heterocycles. The van der Waals surface area contributed by atoms with E-state index in [1.165, 1.54) is 0 Å². The van der Waals surface area contributed by atoms with Crippen LogP contribution in [0.2, 0.25) is 0 Å². The minimum absolute atomic E-state index is 0.254. The van der Waals surface area contributed by atoms with E-state index in [4.69, 9.17) is 25.0 Å². The second-order valence-electron chi connectivity index (χ2n) is 6.91. The summed E-state index contributed by atoms with van der Waals surface area (Å²) in [4.78, 5) is 17.7. The van der Waals surface area contributed by atoms with Gasteiger partial charge in [-0.05, 0) is 49.1 Å². The largest absolute Gasteiger partial charge is 0.490 e. The fraction of sp³-hybridized carbons (Fsp3) is 0.400. The Morgan fingerprint density at radius 1 is 1.07 bits per heavy atom. The molecule has 0 amide bonds. The van der Waals surface area contributed by atoms with Crippen LogP contribution in [0.15, 0.2) is 48.5 Å². The lowest BCUT2D eigenvalue weighted by Crippen LogP contribution is -2.48. The molecule has 0 unspecified atom stereocenters. The molecule has 0 aliphatic rings. The summed E-state index contributed by atoms with van der Waals surface area (Å²) in [5.41, 5.74) is 6.73. The van der Waals surface area contributed by atoms with Crippen molar-refractivity contribution in [1.29, 1.82) is 0 Å². The molecule has 8 nitrogen and oxygen atoms in total. The first-order valence-electron chi connectivity index (χ1n) is 9.21. The number of para-hydroxylation sites is 1. The van der Waals surface area contributed by atoms with Crippen molar-refractivity contribution >= 4 is 7.82 Å². The summed E-state index contributed by atoms with van der Waals surface area (Å²) in [7, 11) is -4.66. The van der Waals surface area contributed by atoms with Crippen LogP contribution in [-0.2, 0) is 15.5 Å². The minimum Gasteiger partial charge on any atom is -0.490 e. The van der Waals surface area contributed by atoms with E-state index in [0.717, 1.165) is 16.9 Å². The van der Waals surface area contributed by atoms with Crippen molar-refractivity contribution < 1.29 is 33.5 Å². The SMILES string of the molecule is Cc1cccc(OCCOc2ccccc2CC[C@@](N)(CO)COP(=O)(O)O)c1. The number of hydrogen-bond donors (Lipinski definition) is 4. The van der Waals surface area contributed by atoms with Crippen LogP contribution in [0.3, 0.4) is 0 Å². The molecule has 160 valence electrons. The first-order valence-corrected chi connectivity index (χ1v) is 10.7. The fourth-order valence-electron chi connectivity index (χ4n) is 2.66. The van der Waals surface area contributed by atoms with Crippen molar-refractivity contribution in [3.8, 4) is 11.5 Å². The van der Waals surface area contributed by atoms with Crippen LogP contribution in [0.4, 0.5) is 0 Å². The van der Waals surface area contributed by atoms with E-state index in [2.05, 4.69) is 4.52 Å². The molecular weight excluding hydrogens is 397 g/mol. The average molecular weight is 425 g/mol. The van der Waals surface area contributed by atoms with Gasteiger partial charge in [0.2, 0.25) is 0 Å². The summed E-state index contributed by atoms with van der Waals surface area (Å²) < 4.78 is 26.9. The quantitative estimate of drug-likeness (QED) is 0.301. The number of aliphatic hydroxyl groups excluding tert-OH is 1. The highest BCUT2D eigenvalue weighted by atomic mass is 31.2. The van der Waals surface area contributed by atoms with Gasteiger partial charge in [0.25, 0.3) is 0 Å². The molecule has 1 atom stereocenters. The summed E-state index contributed by atoms with van der Waals surface area (Å²) in [6.45, 7) is 1.79. The third-order valence-electron chi connectivity index (χ3n) is 4.30. The molecular formula is C20H28NO7P. The number of benzene rings is 2. The molecule has 2 rings (SSSR count). The molecule has 0 saturated carbocycles. The van der Waals surface area contributed by atoms with Crippen molar-refractivity contribution in [3.05, 3.63) is 59.7 Å². The van der Waals surface area contributed by atoms with Crippen LogP contribution in [0, 0.1) is 6.92 Å². The van der Waals surface area contributed by atoms with E-state index in [-0.39, 0.29) is 6.42 Å². The Morgan fingerprint density at radius 3 is 2.48 bits per heavy atom. The van der Waals surface area contributed by atoms with E-state index in [1.54, 1.807) is 0 Å². The first kappa shape index (κ1) is 23.3. The number of phosphoric acid groups is 1. The predicted octanol–water partition coefficient (Wildman–Crippen LogP) is 2.18. The Bertz CT molecular complexity index is 826. The van der Waals surface area contributed by atoms with Gasteiger partial charge in [-0.2, -0.15) is 0 Å². The number of aryl methyl sites for hydroxylation is 2. The second-order valence-corrected chi connectivity index (χ2v) is 8.15. The van der Waals surface area contributed by atoms with Gasteiger partial charge in [-0.3, -0.25) is 4.52 Å². The Kier molecular flexibility index (Phi) is 8.64. The lowest BCUT2D eigenvalue weighted by Gasteiger charge is -2.27. The van der Waals surface area contributed by atoms with Gasteiger partial charge in [0.15, 0.2) is 0 Å². The van der Waals surface area contributed by atoms with E-state index < -0.39 is 26.6 Å². The highest BCUT2D eigenvalue weighted by molar-refractivity contribution is 7.46. The van der Waals surface area contributed by atoms with Crippen molar-refractivity contribution in [2.24, 2.45) is 5.73 Å². The molecule has 0 aliphatic carbocycles. The number of ether oxygens (including phenoxy) is 2. The molecule has 5 N–H and O–H groups in total. The van der Waals surface area contributed by atoms with Gasteiger partial charge in [-0.25, -0.2) is 4.57 Å². The minimum atomic E-state index is -4.66. The molecule has 0 spiro atoms. The fourth-order valence-corrected chi connectivity index (χ4v) is 3.09. The molecule has 0 fully saturated rings. The van der Waals surface area contributed by atoms with Crippen LogP contribution in [0.1, 0.15) is 17.5 Å². The molecule has 0 radical (unpaired) electrons. The maximum absolute atomic E-state index is 10.9. The van der Waals surface area contributed by atoms with Gasteiger partial charge >= 0.3 is 7.82 Å². The Morgan fingerprint density at radius 2 is 1.79 bits per heavy atom. The van der Waals surface area contributed by atoms with Crippen molar-refractivity contribution in [2.75, 3.05) is 26.4 Å². The molecule has 2 aromatic rings. The van der Waals surface area contributed by atoms with Gasteiger partial charge in [-0.1, -0.05) is 30.3 Å². The third-order valence-corrected chi connectivity index (χ3v) is 4.76. The van der Waals surface area contributed by atoms with Gasteiger partial charge < -0.3 is 30.1 Å². The smallest absolute Gasteiger partial charge is 0.469 e. The number of rotatable bonds is 12. The number of phosphoric ester groups is 1. The highest BCUT2D eigenvalue weighted by Gasteiger charge is 2.28. The van der Waals surface area contributed by atoms with E-state index in [0.29, 0.717) is 25.4 Å². The van der Waals surface area contributed by atoms with E-state index in [9.17, 15) is 9.67 Å². The van der Waals surface area contributed by atoms with Crippen LogP contribution in [-0.4, -0.2) is 46.9 Å². The monoisotopic (exact) mass is 425 g/mol. The molecule has 9 heteroatoms. The van der Waals surface area contributed by atoms with Gasteiger partial charge in [0, 0.05) is 0 Å². The normalized spacial score (nSPS) is 13.7. The zero-order chi connectivity index (χ0) is 21.3. The van der Waals surface area contributed by atoms with Crippen molar-refractivity contribution in [2.45, 2.75) is 25.3 Å². The molecule has 0 aliphatic heterocycles. The second kappa shape index (κ2) is 10.7. The highest BCUT2D eigenvalue weighted by Crippen LogP contribution is 2.37. The lowest BCUT2D eigenvalue weighted by molar-refractivity contribution is 0.102. The Hall–Kier alpha value is -1.93. The number of hydrogen-bond acceptors (Lipinski definition) is 6. The maximum Gasteiger partial charge on any atom is 0.469 e. The summed E-state index contributed by atoms with van der Waals surface area (Å²) >= 11 is 0. The molecule has 0 aromatic heterocycles. The first-order chi connectivity index (χ1) is 13.7. The summed E-state index contributed by atoms with van der Waals surface area (Å²) in [5, 5.41) is 9.52. The molecule has 29 heavy (non-hydrogen) atoms. The lowest BCUT2D eigenvalue weighted by atomic mass is 9.93. The van der Waals surface area contributed by atoms with Crippen LogP contribution < -0.4 is 15.2 Å². The van der Waals surface area contributed by atoms with Crippen LogP contribution >= 0.6 is 7.82 Å². The van der Waals surface area contributed by atoms with Crippen molar-refractivity contribution in [1.82, 2.24) is 0 Å². The zero-order valence-electron chi connectivity index (χ0n) is 16.4. The van der Waals surface area contributed by atoms with E-state index >= 15 is 0 Å². The topological polar surface area (TPSA) is 131 Å². The zero-order valence-corrected chi connectivity index (χ0v) is 17.3. The summed E-state index contributed by atoms with van der Waals surface area (Å²) in [6, 6.07) is 15.2. The molecule has 0 bridgehead atoms. The molecule has 2 aromatic carbocycles. The standard InChI is InChI=1S/C20H28NO7P/c1-16-5-4-7-18(13-16)26-11-12-27-19-8-3-2-6-17(19)9-10-20(21,14-22)15-28-29(23,24)25/h2-8,13,22H,9-12,14-15,21H2,1H3,(H2,23,24,25)/t20-/m1/s1. The van der Waals surface area contributed by atoms with E-state index in [1.807, 2.05) is 55.5 Å². The predicted molar refractivity (Wildman–Crippen MR) is 109 cm³/mol. The van der Waals surface area contributed by atoms with Crippen molar-refractivity contribution in [3.63, 3.8) is 0 Å². The van der Waals surface area contributed by atoms with Crippen LogP contribution in [0.25, 0.3) is 0 Å². The average Bonchev–Trinajstić information content (AvgIpc) is 2.68. The number of aliphatic hydroxyl groups is 1.